The molecule has 2 aromatic carbocycles. The summed E-state index contributed by atoms with van der Waals surface area (Å²) < 4.78 is 30.1. The molecule has 29 heavy (non-hydrogen) atoms. The molecule has 1 amide bonds. The Kier molecular flexibility index (Phi) is 6.38. The van der Waals surface area contributed by atoms with Crippen molar-refractivity contribution < 1.29 is 22.7 Å². The normalized spacial score (nSPS) is 13.8. The molecule has 0 bridgehead atoms. The number of nitrogens with zero attached hydrogens (tertiary/aromatic N) is 1. The van der Waals surface area contributed by atoms with E-state index in [0.717, 1.165) is 25.0 Å². The number of anilines is 3. The summed E-state index contributed by atoms with van der Waals surface area (Å²) in [7, 11) is -3.56. The average Bonchev–Trinajstić information content (AvgIpc) is 3.21. The molecule has 0 saturated carbocycles. The molecule has 1 saturated heterocycles. The van der Waals surface area contributed by atoms with E-state index >= 15 is 0 Å². The topological polar surface area (TPSA) is 105 Å². The Morgan fingerprint density at radius 1 is 1.03 bits per heavy atom. The number of rotatable bonds is 7. The van der Waals surface area contributed by atoms with Gasteiger partial charge in [-0.1, -0.05) is 12.1 Å². The fourth-order valence-electron chi connectivity index (χ4n) is 3.09. The molecule has 2 aromatic rings. The minimum atomic E-state index is -3.56. The van der Waals surface area contributed by atoms with Gasteiger partial charge in [0.1, 0.15) is 0 Å². The van der Waals surface area contributed by atoms with Crippen LogP contribution in [0.25, 0.3) is 0 Å². The lowest BCUT2D eigenvalue weighted by atomic mass is 10.2. The molecule has 0 aromatic heterocycles. The fourth-order valence-corrected chi connectivity index (χ4v) is 3.66. The number of nitrogens with one attached hydrogen (secondary N) is 2. The lowest BCUT2D eigenvalue weighted by Gasteiger charge is -2.17. The first-order valence-corrected chi connectivity index (χ1v) is 11.1. The molecule has 1 heterocycles. The van der Waals surface area contributed by atoms with E-state index in [1.807, 2.05) is 12.1 Å². The summed E-state index contributed by atoms with van der Waals surface area (Å²) in [5.41, 5.74) is 1.84. The van der Waals surface area contributed by atoms with Crippen molar-refractivity contribution in [2.75, 3.05) is 40.9 Å². The lowest BCUT2D eigenvalue weighted by molar-refractivity contribution is -0.119. The van der Waals surface area contributed by atoms with Gasteiger partial charge in [0.2, 0.25) is 10.0 Å². The van der Waals surface area contributed by atoms with Crippen LogP contribution in [0.2, 0.25) is 0 Å². The zero-order valence-electron chi connectivity index (χ0n) is 16.1. The third-order valence-corrected chi connectivity index (χ3v) is 4.99. The van der Waals surface area contributed by atoms with E-state index in [9.17, 15) is 18.0 Å². The van der Waals surface area contributed by atoms with E-state index in [1.54, 1.807) is 24.3 Å². The van der Waals surface area contributed by atoms with Gasteiger partial charge in [0.05, 0.1) is 17.5 Å². The quantitative estimate of drug-likeness (QED) is 0.671. The van der Waals surface area contributed by atoms with Crippen molar-refractivity contribution in [3.8, 4) is 0 Å². The number of carbonyl (C=O) groups excluding carboxylic acids is 2. The molecule has 1 aliphatic rings. The number of sulfonamides is 1. The number of carbonyl (C=O) groups is 2. The van der Waals surface area contributed by atoms with Gasteiger partial charge in [-0.25, -0.2) is 13.2 Å². The first-order chi connectivity index (χ1) is 13.8. The van der Waals surface area contributed by atoms with Crippen LogP contribution in [0, 0.1) is 0 Å². The SMILES string of the molecule is CS(=O)(=O)Nc1ccccc1C(=O)OCC(=O)Nc1ccc(N2CCCC2)cc1. The van der Waals surface area contributed by atoms with Crippen LogP contribution in [0.5, 0.6) is 0 Å². The third-order valence-electron chi connectivity index (χ3n) is 4.40. The predicted molar refractivity (Wildman–Crippen MR) is 112 cm³/mol. The van der Waals surface area contributed by atoms with Gasteiger partial charge in [0, 0.05) is 24.5 Å². The molecule has 8 nitrogen and oxygen atoms in total. The second-order valence-corrected chi connectivity index (χ2v) is 8.53. The number of ether oxygens (including phenoxy) is 1. The molecule has 9 heteroatoms. The first-order valence-electron chi connectivity index (χ1n) is 9.21. The number of hydrogen-bond donors (Lipinski definition) is 2. The molecule has 2 N–H and O–H groups in total. The maximum absolute atomic E-state index is 12.3. The molecular weight excluding hydrogens is 394 g/mol. The molecule has 1 fully saturated rings. The predicted octanol–water partition coefficient (Wildman–Crippen LogP) is 2.45. The van der Waals surface area contributed by atoms with Crippen LogP contribution in [-0.2, 0) is 19.6 Å². The van der Waals surface area contributed by atoms with E-state index < -0.39 is 28.5 Å². The largest absolute Gasteiger partial charge is 0.452 e. The second-order valence-electron chi connectivity index (χ2n) is 6.79. The van der Waals surface area contributed by atoms with Crippen LogP contribution in [0.15, 0.2) is 48.5 Å². The Hall–Kier alpha value is -3.07. The minimum absolute atomic E-state index is 0.0284. The number of hydrogen-bond acceptors (Lipinski definition) is 6. The van der Waals surface area contributed by atoms with Crippen molar-refractivity contribution in [3.05, 3.63) is 54.1 Å². The Morgan fingerprint density at radius 2 is 1.69 bits per heavy atom. The highest BCUT2D eigenvalue weighted by Crippen LogP contribution is 2.22. The summed E-state index contributed by atoms with van der Waals surface area (Å²) in [6.07, 6.45) is 3.36. The van der Waals surface area contributed by atoms with E-state index in [4.69, 9.17) is 4.74 Å². The molecule has 0 radical (unpaired) electrons. The zero-order chi connectivity index (χ0) is 20.9. The van der Waals surface area contributed by atoms with Gasteiger partial charge in [-0.05, 0) is 49.2 Å². The van der Waals surface area contributed by atoms with Gasteiger partial charge in [-0.15, -0.1) is 0 Å². The van der Waals surface area contributed by atoms with E-state index in [-0.39, 0.29) is 11.3 Å². The summed E-state index contributed by atoms with van der Waals surface area (Å²) in [5, 5.41) is 2.67. The van der Waals surface area contributed by atoms with Crippen LogP contribution >= 0.6 is 0 Å². The number of amides is 1. The van der Waals surface area contributed by atoms with Crippen LogP contribution in [0.4, 0.5) is 17.1 Å². The van der Waals surface area contributed by atoms with Crippen LogP contribution < -0.4 is 14.9 Å². The minimum Gasteiger partial charge on any atom is -0.452 e. The van der Waals surface area contributed by atoms with Crippen LogP contribution in [-0.4, -0.2) is 46.2 Å². The monoisotopic (exact) mass is 417 g/mol. The summed E-state index contributed by atoms with van der Waals surface area (Å²) in [6, 6.07) is 13.5. The third kappa shape index (κ3) is 5.95. The molecule has 0 aliphatic carbocycles. The van der Waals surface area contributed by atoms with Gasteiger partial charge in [0.25, 0.3) is 5.91 Å². The Labute approximate surface area is 169 Å². The summed E-state index contributed by atoms with van der Waals surface area (Å²) in [6.45, 7) is 1.59. The van der Waals surface area contributed by atoms with Gasteiger partial charge in [-0.3, -0.25) is 9.52 Å². The number of benzene rings is 2. The van der Waals surface area contributed by atoms with Crippen molar-refractivity contribution in [1.29, 1.82) is 0 Å². The molecule has 1 aliphatic heterocycles. The zero-order valence-corrected chi connectivity index (χ0v) is 16.9. The summed E-state index contributed by atoms with van der Waals surface area (Å²) in [5.74, 6) is -1.28. The highest BCUT2D eigenvalue weighted by atomic mass is 32.2. The highest BCUT2D eigenvalue weighted by molar-refractivity contribution is 7.92. The number of para-hydroxylation sites is 1. The van der Waals surface area contributed by atoms with E-state index in [2.05, 4.69) is 14.9 Å². The first kappa shape index (κ1) is 20.7. The van der Waals surface area contributed by atoms with Gasteiger partial charge in [-0.2, -0.15) is 0 Å². The van der Waals surface area contributed by atoms with Crippen LogP contribution in [0.3, 0.4) is 0 Å². The Bertz CT molecular complexity index is 983. The number of esters is 1. The molecule has 154 valence electrons. The Balaban J connectivity index is 1.55. The maximum atomic E-state index is 12.3. The van der Waals surface area contributed by atoms with Gasteiger partial charge < -0.3 is 15.0 Å². The Morgan fingerprint density at radius 3 is 2.34 bits per heavy atom. The van der Waals surface area contributed by atoms with Crippen molar-refractivity contribution in [2.45, 2.75) is 12.8 Å². The molecular formula is C20H23N3O5S. The average molecular weight is 417 g/mol. The van der Waals surface area contributed by atoms with E-state index in [0.29, 0.717) is 5.69 Å². The van der Waals surface area contributed by atoms with Crippen molar-refractivity contribution in [3.63, 3.8) is 0 Å². The molecule has 0 atom stereocenters. The van der Waals surface area contributed by atoms with Crippen molar-refractivity contribution in [1.82, 2.24) is 0 Å². The highest BCUT2D eigenvalue weighted by Gasteiger charge is 2.17. The lowest BCUT2D eigenvalue weighted by Crippen LogP contribution is -2.22. The standard InChI is InChI=1S/C20H23N3O5S/c1-29(26,27)22-18-7-3-2-6-17(18)20(25)28-14-19(24)21-15-8-10-16(11-9-15)23-12-4-5-13-23/h2-3,6-11,22H,4-5,12-14H2,1H3,(H,21,24). The molecule has 0 spiro atoms. The summed E-state index contributed by atoms with van der Waals surface area (Å²) in [4.78, 5) is 26.6. The van der Waals surface area contributed by atoms with Gasteiger partial charge in [0.15, 0.2) is 6.61 Å². The molecule has 0 unspecified atom stereocenters. The fraction of sp³-hybridized carbons (Fsp3) is 0.300. The molecule has 3 rings (SSSR count). The van der Waals surface area contributed by atoms with Crippen molar-refractivity contribution >= 4 is 39.0 Å². The smallest absolute Gasteiger partial charge is 0.340 e. The maximum Gasteiger partial charge on any atom is 0.340 e. The second kappa shape index (κ2) is 8.95. The van der Waals surface area contributed by atoms with Gasteiger partial charge >= 0.3 is 5.97 Å². The van der Waals surface area contributed by atoms with Crippen molar-refractivity contribution in [2.24, 2.45) is 0 Å². The van der Waals surface area contributed by atoms with Crippen LogP contribution in [0.1, 0.15) is 23.2 Å². The summed E-state index contributed by atoms with van der Waals surface area (Å²) >= 11 is 0. The van der Waals surface area contributed by atoms with E-state index in [1.165, 1.54) is 25.0 Å².